The molecule has 0 spiro atoms. The zero-order valence-corrected chi connectivity index (χ0v) is 6.71. The first-order chi connectivity index (χ1) is 5.12. The van der Waals surface area contributed by atoms with Crippen LogP contribution in [0.15, 0.2) is 12.7 Å². The quantitative estimate of drug-likeness (QED) is 0.557. The summed E-state index contributed by atoms with van der Waals surface area (Å²) in [6.07, 6.45) is 1.28. The zero-order valence-electron chi connectivity index (χ0n) is 5.89. The second-order valence-electron chi connectivity index (χ2n) is 1.53. The van der Waals surface area contributed by atoms with E-state index in [0.717, 1.165) is 0 Å². The van der Waals surface area contributed by atoms with Gasteiger partial charge >= 0.3 is 10.4 Å². The van der Waals surface area contributed by atoms with Crippen LogP contribution < -0.4 is 0 Å². The number of hydrogen-bond acceptors (Lipinski definition) is 5. The van der Waals surface area contributed by atoms with Crippen LogP contribution in [0.5, 0.6) is 0 Å². The lowest BCUT2D eigenvalue weighted by molar-refractivity contribution is 0.174. The summed E-state index contributed by atoms with van der Waals surface area (Å²) in [5, 5.41) is 8.19. The predicted octanol–water partition coefficient (Wildman–Crippen LogP) is -0.557. The zero-order chi connectivity index (χ0) is 8.74. The van der Waals surface area contributed by atoms with Crippen molar-refractivity contribution in [2.75, 3.05) is 19.8 Å². The number of hydrogen-bond donors (Lipinski definition) is 1. The summed E-state index contributed by atoms with van der Waals surface area (Å²) in [7, 11) is -3.94. The Hall–Kier alpha value is -0.430. The highest BCUT2D eigenvalue weighted by molar-refractivity contribution is 7.81. The van der Waals surface area contributed by atoms with Crippen LogP contribution >= 0.6 is 0 Å². The van der Waals surface area contributed by atoms with Crippen molar-refractivity contribution in [2.24, 2.45) is 0 Å². The van der Waals surface area contributed by atoms with Gasteiger partial charge in [-0.15, -0.1) is 6.58 Å². The molecule has 0 heterocycles. The third kappa shape index (κ3) is 5.99. The molecule has 1 N–H and O–H groups in total. The molecule has 0 bridgehead atoms. The monoisotopic (exact) mass is 182 g/mol. The minimum absolute atomic E-state index is 0.131. The number of aliphatic hydroxyl groups is 1. The van der Waals surface area contributed by atoms with E-state index >= 15 is 0 Å². The van der Waals surface area contributed by atoms with Crippen molar-refractivity contribution in [1.29, 1.82) is 0 Å². The van der Waals surface area contributed by atoms with Crippen LogP contribution in [0.1, 0.15) is 0 Å². The maximum atomic E-state index is 10.5. The highest BCUT2D eigenvalue weighted by Crippen LogP contribution is 1.94. The second-order valence-corrected chi connectivity index (χ2v) is 2.81. The molecule has 5 nitrogen and oxygen atoms in total. The second kappa shape index (κ2) is 5.25. The molecule has 6 heteroatoms. The van der Waals surface area contributed by atoms with E-state index in [0.29, 0.717) is 0 Å². The fourth-order valence-corrected chi connectivity index (χ4v) is 0.914. The standard InChI is InChI=1S/C5H10O5S/c1-2-4-9-11(7,8)10-5-3-6/h2,6H,1,3-5H2. The first-order valence-electron chi connectivity index (χ1n) is 2.88. The first kappa shape index (κ1) is 10.6. The van der Waals surface area contributed by atoms with Crippen LogP contribution in [0, 0.1) is 0 Å². The minimum atomic E-state index is -3.94. The molecule has 0 saturated carbocycles. The summed E-state index contributed by atoms with van der Waals surface area (Å²) in [4.78, 5) is 0. The maximum absolute atomic E-state index is 10.5. The van der Waals surface area contributed by atoms with Gasteiger partial charge in [0.05, 0.1) is 19.8 Å². The molecule has 0 saturated heterocycles. The molecule has 0 aliphatic heterocycles. The molecule has 0 aromatic carbocycles. The molecule has 0 radical (unpaired) electrons. The fraction of sp³-hybridized carbons (Fsp3) is 0.600. The van der Waals surface area contributed by atoms with Gasteiger partial charge in [0.15, 0.2) is 0 Å². The van der Waals surface area contributed by atoms with Gasteiger partial charge in [-0.3, -0.25) is 0 Å². The van der Waals surface area contributed by atoms with Crippen LogP contribution in [-0.2, 0) is 18.8 Å². The van der Waals surface area contributed by atoms with Gasteiger partial charge in [0, 0.05) is 0 Å². The van der Waals surface area contributed by atoms with Crippen LogP contribution in [0.4, 0.5) is 0 Å². The van der Waals surface area contributed by atoms with E-state index < -0.39 is 10.4 Å². The Bertz CT molecular complexity index is 195. The van der Waals surface area contributed by atoms with Crippen molar-refractivity contribution in [3.05, 3.63) is 12.7 Å². The van der Waals surface area contributed by atoms with Crippen molar-refractivity contribution < 1.29 is 21.9 Å². The Morgan fingerprint density at radius 3 is 2.55 bits per heavy atom. The summed E-state index contributed by atoms with van der Waals surface area (Å²) < 4.78 is 29.4. The normalized spacial score (nSPS) is 11.4. The number of aliphatic hydroxyl groups excluding tert-OH is 1. The summed E-state index contributed by atoms with van der Waals surface area (Å²) in [6.45, 7) is 2.46. The van der Waals surface area contributed by atoms with E-state index in [1.54, 1.807) is 0 Å². The van der Waals surface area contributed by atoms with E-state index in [1.807, 2.05) is 0 Å². The largest absolute Gasteiger partial charge is 0.400 e. The van der Waals surface area contributed by atoms with Crippen LogP contribution in [0.3, 0.4) is 0 Å². The molecule has 0 aromatic rings. The Morgan fingerprint density at radius 2 is 2.09 bits per heavy atom. The lowest BCUT2D eigenvalue weighted by atomic mass is 10.7. The molecule has 0 fully saturated rings. The van der Waals surface area contributed by atoms with Gasteiger partial charge in [-0.1, -0.05) is 6.08 Å². The van der Waals surface area contributed by atoms with E-state index in [9.17, 15) is 8.42 Å². The third-order valence-electron chi connectivity index (χ3n) is 0.649. The van der Waals surface area contributed by atoms with Gasteiger partial charge in [0.2, 0.25) is 0 Å². The average molecular weight is 182 g/mol. The van der Waals surface area contributed by atoms with Crippen molar-refractivity contribution in [3.63, 3.8) is 0 Å². The van der Waals surface area contributed by atoms with Gasteiger partial charge in [0.25, 0.3) is 0 Å². The maximum Gasteiger partial charge on any atom is 0.400 e. The van der Waals surface area contributed by atoms with Crippen molar-refractivity contribution >= 4 is 10.4 Å². The van der Waals surface area contributed by atoms with Crippen LogP contribution in [0.25, 0.3) is 0 Å². The van der Waals surface area contributed by atoms with Gasteiger partial charge in [0.1, 0.15) is 0 Å². The fourth-order valence-electron chi connectivity index (χ4n) is 0.305. The summed E-state index contributed by atoms with van der Waals surface area (Å²) in [5.74, 6) is 0. The highest BCUT2D eigenvalue weighted by atomic mass is 32.3. The lowest BCUT2D eigenvalue weighted by Crippen LogP contribution is -2.12. The SMILES string of the molecule is C=CCOS(=O)(=O)OCCO. The first-order valence-corrected chi connectivity index (χ1v) is 4.21. The van der Waals surface area contributed by atoms with E-state index in [4.69, 9.17) is 5.11 Å². The Kier molecular flexibility index (Phi) is 5.05. The Morgan fingerprint density at radius 1 is 1.45 bits per heavy atom. The Labute approximate surface area is 65.6 Å². The third-order valence-corrected chi connectivity index (χ3v) is 1.53. The predicted molar refractivity (Wildman–Crippen MR) is 38.1 cm³/mol. The van der Waals surface area contributed by atoms with E-state index in [1.165, 1.54) is 6.08 Å². The van der Waals surface area contributed by atoms with E-state index in [-0.39, 0.29) is 19.8 Å². The average Bonchev–Trinajstić information content (AvgIpc) is 1.97. The van der Waals surface area contributed by atoms with Gasteiger partial charge in [-0.25, -0.2) is 8.37 Å². The molecular weight excluding hydrogens is 172 g/mol. The molecule has 0 aliphatic carbocycles. The molecule has 0 unspecified atom stereocenters. The topological polar surface area (TPSA) is 72.8 Å². The van der Waals surface area contributed by atoms with Crippen molar-refractivity contribution in [2.45, 2.75) is 0 Å². The highest BCUT2D eigenvalue weighted by Gasteiger charge is 2.08. The molecule has 11 heavy (non-hydrogen) atoms. The minimum Gasteiger partial charge on any atom is -0.394 e. The lowest BCUT2D eigenvalue weighted by Gasteiger charge is -2.01. The van der Waals surface area contributed by atoms with Gasteiger partial charge < -0.3 is 5.11 Å². The molecular formula is C5H10O5S. The smallest absolute Gasteiger partial charge is 0.394 e. The van der Waals surface area contributed by atoms with Crippen LogP contribution in [-0.4, -0.2) is 33.3 Å². The molecule has 0 aliphatic rings. The van der Waals surface area contributed by atoms with Gasteiger partial charge in [-0.2, -0.15) is 8.42 Å². The van der Waals surface area contributed by atoms with Crippen molar-refractivity contribution in [1.82, 2.24) is 0 Å². The molecule has 0 aromatic heterocycles. The summed E-state index contributed by atoms with van der Waals surface area (Å²) >= 11 is 0. The van der Waals surface area contributed by atoms with E-state index in [2.05, 4.69) is 14.9 Å². The number of rotatable bonds is 6. The molecule has 0 rings (SSSR count). The van der Waals surface area contributed by atoms with Crippen molar-refractivity contribution in [3.8, 4) is 0 Å². The molecule has 0 amide bonds. The van der Waals surface area contributed by atoms with Crippen LogP contribution in [0.2, 0.25) is 0 Å². The summed E-state index contributed by atoms with van der Waals surface area (Å²) in [6, 6.07) is 0. The molecule has 0 atom stereocenters. The van der Waals surface area contributed by atoms with Gasteiger partial charge in [-0.05, 0) is 0 Å². The summed E-state index contributed by atoms with van der Waals surface area (Å²) in [5.41, 5.74) is 0. The Balaban J connectivity index is 3.71. The molecule has 66 valence electrons.